The van der Waals surface area contributed by atoms with Crippen LogP contribution in [0.25, 0.3) is 0 Å². The first kappa shape index (κ1) is 16.1. The Morgan fingerprint density at radius 1 is 1.40 bits per heavy atom. The first-order valence-corrected chi connectivity index (χ1v) is 7.00. The van der Waals surface area contributed by atoms with E-state index in [1.807, 2.05) is 0 Å². The number of Topliss-reactive ketones (excluding diaryl/α,β-unsaturated/α-hetero) is 2. The minimum absolute atomic E-state index is 0.00472. The van der Waals surface area contributed by atoms with Crippen molar-refractivity contribution in [2.45, 2.75) is 25.2 Å². The molecule has 0 aliphatic heterocycles. The summed E-state index contributed by atoms with van der Waals surface area (Å²) in [6.45, 7) is 2.64. The zero-order valence-electron chi connectivity index (χ0n) is 11.3. The third kappa shape index (κ3) is 3.14. The molecule has 0 fully saturated rings. The van der Waals surface area contributed by atoms with Gasteiger partial charge in [0.25, 0.3) is 10.1 Å². The number of nitrogen functional groups attached to an aromatic ring is 1. The third-order valence-electron chi connectivity index (χ3n) is 2.62. The lowest BCUT2D eigenvalue weighted by molar-refractivity contribution is -0.116. The van der Waals surface area contributed by atoms with Crippen molar-refractivity contribution in [2.75, 3.05) is 12.8 Å². The minimum Gasteiger partial charge on any atom is -0.494 e. The van der Waals surface area contributed by atoms with Crippen LogP contribution >= 0.6 is 0 Å². The molecular weight excluding hydrogens is 286 g/mol. The molecule has 1 aromatic carbocycles. The summed E-state index contributed by atoms with van der Waals surface area (Å²) in [7, 11) is -3.34. The third-order valence-corrected chi connectivity index (χ3v) is 3.68. The molecule has 0 bridgehead atoms. The molecule has 20 heavy (non-hydrogen) atoms. The molecule has 0 saturated carbocycles. The predicted molar refractivity (Wildman–Crippen MR) is 71.6 cm³/mol. The highest BCUT2D eigenvalue weighted by Crippen LogP contribution is 2.35. The van der Waals surface area contributed by atoms with Crippen LogP contribution in [-0.4, -0.2) is 31.6 Å². The Morgan fingerprint density at radius 2 is 1.95 bits per heavy atom. The highest BCUT2D eigenvalue weighted by molar-refractivity contribution is 7.86. The predicted octanol–water partition coefficient (Wildman–Crippen LogP) is 0.994. The summed E-state index contributed by atoms with van der Waals surface area (Å²) in [5.41, 5.74) is 5.39. The van der Waals surface area contributed by atoms with E-state index in [9.17, 15) is 18.0 Å². The number of ether oxygens (including phenoxy) is 1. The Labute approximate surface area is 116 Å². The topological polar surface area (TPSA) is 124 Å². The summed E-state index contributed by atoms with van der Waals surface area (Å²) in [5, 5.41) is 0. The van der Waals surface area contributed by atoms with E-state index < -0.39 is 20.8 Å². The summed E-state index contributed by atoms with van der Waals surface area (Å²) >= 11 is 0. The first-order chi connectivity index (χ1) is 9.09. The molecule has 0 radical (unpaired) electrons. The molecule has 0 saturated heterocycles. The molecule has 8 heteroatoms. The second-order valence-electron chi connectivity index (χ2n) is 4.29. The van der Waals surface area contributed by atoms with Gasteiger partial charge in [-0.3, -0.25) is 14.1 Å². The number of anilines is 1. The maximum atomic E-state index is 11.9. The van der Waals surface area contributed by atoms with Crippen LogP contribution in [0.15, 0.2) is 11.0 Å². The van der Waals surface area contributed by atoms with E-state index in [1.165, 1.54) is 27.0 Å². The van der Waals surface area contributed by atoms with Crippen LogP contribution in [0.3, 0.4) is 0 Å². The van der Waals surface area contributed by atoms with Gasteiger partial charge in [-0.05, 0) is 25.5 Å². The zero-order valence-corrected chi connectivity index (χ0v) is 12.1. The molecule has 0 heterocycles. The number of nitrogens with two attached hydrogens (primary N) is 1. The number of carbonyl (C=O) groups excluding carboxylic acids is 2. The summed E-state index contributed by atoms with van der Waals surface area (Å²) < 4.78 is 36.6. The molecule has 0 aromatic heterocycles. The van der Waals surface area contributed by atoms with Crippen LogP contribution in [0, 0.1) is 6.92 Å². The molecule has 0 atom stereocenters. The number of rotatable bonds is 5. The lowest BCUT2D eigenvalue weighted by Gasteiger charge is -2.15. The second-order valence-corrected chi connectivity index (χ2v) is 5.65. The Balaban J connectivity index is 3.59. The van der Waals surface area contributed by atoms with Crippen LogP contribution in [0.5, 0.6) is 5.75 Å². The van der Waals surface area contributed by atoms with Gasteiger partial charge in [0, 0.05) is 0 Å². The average Bonchev–Trinajstić information content (AvgIpc) is 2.25. The van der Waals surface area contributed by atoms with E-state index in [0.717, 1.165) is 0 Å². The van der Waals surface area contributed by atoms with Gasteiger partial charge < -0.3 is 10.5 Å². The number of hydrogen-bond donors (Lipinski definition) is 2. The van der Waals surface area contributed by atoms with Gasteiger partial charge in [0.1, 0.15) is 10.7 Å². The monoisotopic (exact) mass is 301 g/mol. The zero-order chi connectivity index (χ0) is 15.7. The second kappa shape index (κ2) is 5.59. The normalized spacial score (nSPS) is 11.2. The van der Waals surface area contributed by atoms with Crippen LogP contribution < -0.4 is 10.5 Å². The minimum atomic E-state index is -4.55. The van der Waals surface area contributed by atoms with Crippen molar-refractivity contribution in [3.8, 4) is 5.75 Å². The number of ketones is 2. The molecule has 0 amide bonds. The van der Waals surface area contributed by atoms with E-state index in [2.05, 4.69) is 0 Å². The van der Waals surface area contributed by atoms with Crippen molar-refractivity contribution < 1.29 is 27.3 Å². The van der Waals surface area contributed by atoms with Crippen LogP contribution in [0.4, 0.5) is 5.69 Å². The van der Waals surface area contributed by atoms with Gasteiger partial charge in [-0.15, -0.1) is 0 Å². The van der Waals surface area contributed by atoms with Gasteiger partial charge in [0.2, 0.25) is 0 Å². The smallest absolute Gasteiger partial charge is 0.296 e. The van der Waals surface area contributed by atoms with Gasteiger partial charge in [0.15, 0.2) is 11.5 Å². The van der Waals surface area contributed by atoms with Gasteiger partial charge >= 0.3 is 0 Å². The standard InChI is InChI=1S/C12H15NO6S/c1-6-4-8(9(15)5-7(2)14)11(19-3)10(13)12(6)20(16,17)18/h4H,5,13H2,1-3H3,(H,16,17,18). The summed E-state index contributed by atoms with van der Waals surface area (Å²) in [4.78, 5) is 22.4. The Hall–Kier alpha value is -1.93. The summed E-state index contributed by atoms with van der Waals surface area (Å²) in [6.07, 6.45) is -0.347. The van der Waals surface area contributed by atoms with Crippen molar-refractivity contribution in [3.63, 3.8) is 0 Å². The number of methoxy groups -OCH3 is 1. The highest BCUT2D eigenvalue weighted by Gasteiger charge is 2.26. The van der Waals surface area contributed by atoms with Crippen molar-refractivity contribution >= 4 is 27.4 Å². The van der Waals surface area contributed by atoms with Crippen molar-refractivity contribution in [1.82, 2.24) is 0 Å². The fourth-order valence-electron chi connectivity index (χ4n) is 1.90. The van der Waals surface area contributed by atoms with Gasteiger partial charge in [-0.1, -0.05) is 0 Å². The largest absolute Gasteiger partial charge is 0.494 e. The maximum absolute atomic E-state index is 11.9. The number of carbonyl (C=O) groups is 2. The highest BCUT2D eigenvalue weighted by atomic mass is 32.2. The van der Waals surface area contributed by atoms with Crippen molar-refractivity contribution in [3.05, 3.63) is 17.2 Å². The van der Waals surface area contributed by atoms with Crippen LogP contribution in [0.1, 0.15) is 29.3 Å². The van der Waals surface area contributed by atoms with Crippen LogP contribution in [0.2, 0.25) is 0 Å². The van der Waals surface area contributed by atoms with Crippen LogP contribution in [-0.2, 0) is 14.9 Å². The SMILES string of the molecule is COc1c(C(=O)CC(C)=O)cc(C)c(S(=O)(=O)O)c1N. The maximum Gasteiger partial charge on any atom is 0.296 e. The van der Waals surface area contributed by atoms with Gasteiger partial charge in [0.05, 0.1) is 24.8 Å². The molecule has 0 aliphatic carbocycles. The fraction of sp³-hybridized carbons (Fsp3) is 0.333. The van der Waals surface area contributed by atoms with E-state index in [-0.39, 0.29) is 34.8 Å². The molecule has 0 spiro atoms. The molecule has 7 nitrogen and oxygen atoms in total. The molecule has 110 valence electrons. The van der Waals surface area contributed by atoms with Crippen molar-refractivity contribution in [2.24, 2.45) is 0 Å². The quantitative estimate of drug-likeness (QED) is 0.359. The fourth-order valence-corrected chi connectivity index (χ4v) is 2.74. The molecule has 0 unspecified atom stereocenters. The lowest BCUT2D eigenvalue weighted by atomic mass is 10.0. The summed E-state index contributed by atoms with van der Waals surface area (Å²) in [5.74, 6) is -1.05. The van der Waals surface area contributed by atoms with E-state index in [1.54, 1.807) is 0 Å². The number of hydrogen-bond acceptors (Lipinski definition) is 6. The molecule has 3 N–H and O–H groups in total. The average molecular weight is 301 g/mol. The van der Waals surface area contributed by atoms with E-state index in [4.69, 9.17) is 15.0 Å². The Kier molecular flexibility index (Phi) is 4.51. The number of benzene rings is 1. The van der Waals surface area contributed by atoms with E-state index >= 15 is 0 Å². The molecule has 1 aromatic rings. The summed E-state index contributed by atoms with van der Waals surface area (Å²) in [6, 6.07) is 1.23. The Morgan fingerprint density at radius 3 is 2.35 bits per heavy atom. The number of aryl methyl sites for hydroxylation is 1. The van der Waals surface area contributed by atoms with Gasteiger partial charge in [-0.2, -0.15) is 8.42 Å². The van der Waals surface area contributed by atoms with E-state index in [0.29, 0.717) is 0 Å². The molecular formula is C12H15NO6S. The van der Waals surface area contributed by atoms with Crippen molar-refractivity contribution in [1.29, 1.82) is 0 Å². The first-order valence-electron chi connectivity index (χ1n) is 5.56. The molecule has 0 aliphatic rings. The lowest BCUT2D eigenvalue weighted by Crippen LogP contribution is -2.13. The van der Waals surface area contributed by atoms with Gasteiger partial charge in [-0.25, -0.2) is 0 Å². The Bertz CT molecular complexity index is 678. The molecule has 1 rings (SSSR count).